The Kier molecular flexibility index (Phi) is 4.00. The summed E-state index contributed by atoms with van der Waals surface area (Å²) in [4.78, 5) is 1.58. The summed E-state index contributed by atoms with van der Waals surface area (Å²) in [7, 11) is 0. The Morgan fingerprint density at radius 3 is 2.60 bits per heavy atom. The lowest BCUT2D eigenvalue weighted by molar-refractivity contribution is -0.908. The SMILES string of the molecule is c1ccc(OCC[NH+]2CCOCC2)cc1. The number of ether oxygens (including phenoxy) is 2. The second kappa shape index (κ2) is 5.73. The molecule has 1 saturated heterocycles. The Balaban J connectivity index is 1.66. The van der Waals surface area contributed by atoms with Crippen molar-refractivity contribution in [2.24, 2.45) is 0 Å². The van der Waals surface area contributed by atoms with Crippen LogP contribution in [0.25, 0.3) is 0 Å². The molecule has 0 aromatic heterocycles. The summed E-state index contributed by atoms with van der Waals surface area (Å²) in [6.45, 7) is 5.86. The fourth-order valence-electron chi connectivity index (χ4n) is 1.74. The first kappa shape index (κ1) is 10.5. The van der Waals surface area contributed by atoms with Gasteiger partial charge in [-0.25, -0.2) is 0 Å². The van der Waals surface area contributed by atoms with E-state index in [0.717, 1.165) is 45.2 Å². The summed E-state index contributed by atoms with van der Waals surface area (Å²) < 4.78 is 10.9. The molecule has 1 aliphatic heterocycles. The van der Waals surface area contributed by atoms with Crippen LogP contribution in [0, 0.1) is 0 Å². The van der Waals surface area contributed by atoms with Gasteiger partial charge in [-0.1, -0.05) is 18.2 Å². The largest absolute Gasteiger partial charge is 0.488 e. The summed E-state index contributed by atoms with van der Waals surface area (Å²) in [6.07, 6.45) is 0. The minimum Gasteiger partial charge on any atom is -0.488 e. The first-order valence-electron chi connectivity index (χ1n) is 5.54. The van der Waals surface area contributed by atoms with E-state index in [4.69, 9.17) is 9.47 Å². The molecule has 1 aliphatic rings. The number of benzene rings is 1. The van der Waals surface area contributed by atoms with Crippen LogP contribution < -0.4 is 9.64 Å². The second-order valence-electron chi connectivity index (χ2n) is 3.77. The number of rotatable bonds is 4. The van der Waals surface area contributed by atoms with Crippen molar-refractivity contribution >= 4 is 0 Å². The number of nitrogens with one attached hydrogen (secondary N) is 1. The summed E-state index contributed by atoms with van der Waals surface area (Å²) in [5, 5.41) is 0. The van der Waals surface area contributed by atoms with E-state index in [1.165, 1.54) is 0 Å². The van der Waals surface area contributed by atoms with Crippen LogP contribution in [0.3, 0.4) is 0 Å². The zero-order valence-corrected chi connectivity index (χ0v) is 8.95. The van der Waals surface area contributed by atoms with Gasteiger partial charge >= 0.3 is 0 Å². The van der Waals surface area contributed by atoms with Gasteiger partial charge in [0.15, 0.2) is 0 Å². The van der Waals surface area contributed by atoms with Gasteiger partial charge in [-0.15, -0.1) is 0 Å². The van der Waals surface area contributed by atoms with Gasteiger partial charge in [-0.3, -0.25) is 0 Å². The Morgan fingerprint density at radius 2 is 1.87 bits per heavy atom. The molecule has 82 valence electrons. The molecule has 0 bridgehead atoms. The minimum atomic E-state index is 0.791. The average Bonchev–Trinajstić information content (AvgIpc) is 2.32. The van der Waals surface area contributed by atoms with Crippen molar-refractivity contribution in [2.75, 3.05) is 39.5 Å². The molecule has 0 saturated carbocycles. The van der Waals surface area contributed by atoms with E-state index in [-0.39, 0.29) is 0 Å². The van der Waals surface area contributed by atoms with Crippen LogP contribution in [0.15, 0.2) is 30.3 Å². The van der Waals surface area contributed by atoms with Crippen molar-refractivity contribution in [3.05, 3.63) is 30.3 Å². The lowest BCUT2D eigenvalue weighted by Crippen LogP contribution is -3.14. The zero-order valence-electron chi connectivity index (χ0n) is 8.95. The summed E-state index contributed by atoms with van der Waals surface area (Å²) in [6, 6.07) is 9.98. The van der Waals surface area contributed by atoms with Gasteiger partial charge in [-0.05, 0) is 12.1 Å². The smallest absolute Gasteiger partial charge is 0.137 e. The Labute approximate surface area is 90.6 Å². The molecule has 1 N–H and O–H groups in total. The van der Waals surface area contributed by atoms with Gasteiger partial charge in [0.05, 0.1) is 13.2 Å². The van der Waals surface area contributed by atoms with Crippen LogP contribution in [0.5, 0.6) is 5.75 Å². The standard InChI is InChI=1S/C12H17NO2/c1-2-4-12(5-3-1)15-11-8-13-6-9-14-10-7-13/h1-5H,6-11H2/p+1. The molecule has 0 atom stereocenters. The van der Waals surface area contributed by atoms with Gasteiger partial charge in [-0.2, -0.15) is 0 Å². The summed E-state index contributed by atoms with van der Waals surface area (Å²) >= 11 is 0. The maximum atomic E-state index is 5.65. The van der Waals surface area contributed by atoms with Crippen LogP contribution in [-0.4, -0.2) is 39.5 Å². The van der Waals surface area contributed by atoms with E-state index in [2.05, 4.69) is 0 Å². The molecule has 3 heteroatoms. The second-order valence-corrected chi connectivity index (χ2v) is 3.77. The number of hydrogen-bond donors (Lipinski definition) is 1. The van der Waals surface area contributed by atoms with E-state index in [1.54, 1.807) is 4.90 Å². The minimum absolute atomic E-state index is 0.791. The molecule has 15 heavy (non-hydrogen) atoms. The van der Waals surface area contributed by atoms with Crippen molar-refractivity contribution in [2.45, 2.75) is 0 Å². The number of morpholine rings is 1. The molecular weight excluding hydrogens is 190 g/mol. The molecule has 3 nitrogen and oxygen atoms in total. The van der Waals surface area contributed by atoms with Gasteiger partial charge in [0.2, 0.25) is 0 Å². The van der Waals surface area contributed by atoms with E-state index < -0.39 is 0 Å². The van der Waals surface area contributed by atoms with Gasteiger partial charge in [0.25, 0.3) is 0 Å². The molecule has 1 aromatic rings. The van der Waals surface area contributed by atoms with Crippen LogP contribution in [0.2, 0.25) is 0 Å². The van der Waals surface area contributed by atoms with Crippen molar-refractivity contribution < 1.29 is 14.4 Å². The highest BCUT2D eigenvalue weighted by molar-refractivity contribution is 5.20. The van der Waals surface area contributed by atoms with Gasteiger partial charge < -0.3 is 14.4 Å². The number of hydrogen-bond acceptors (Lipinski definition) is 2. The van der Waals surface area contributed by atoms with Crippen LogP contribution >= 0.6 is 0 Å². The Bertz CT molecular complexity index is 270. The van der Waals surface area contributed by atoms with Gasteiger partial charge in [0, 0.05) is 0 Å². The third-order valence-corrected chi connectivity index (χ3v) is 2.67. The molecule has 0 spiro atoms. The quantitative estimate of drug-likeness (QED) is 0.751. The third kappa shape index (κ3) is 3.53. The van der Waals surface area contributed by atoms with Crippen LogP contribution in [0.1, 0.15) is 0 Å². The highest BCUT2D eigenvalue weighted by Gasteiger charge is 2.12. The normalized spacial score (nSPS) is 17.6. The fraction of sp³-hybridized carbons (Fsp3) is 0.500. The molecule has 1 heterocycles. The molecular formula is C12H18NO2+. The molecule has 0 aliphatic carbocycles. The van der Waals surface area contributed by atoms with Crippen molar-refractivity contribution in [3.63, 3.8) is 0 Å². The molecule has 1 aromatic carbocycles. The lowest BCUT2D eigenvalue weighted by atomic mass is 10.3. The first-order chi connectivity index (χ1) is 7.45. The van der Waals surface area contributed by atoms with Crippen molar-refractivity contribution in [3.8, 4) is 5.75 Å². The predicted molar refractivity (Wildman–Crippen MR) is 58.3 cm³/mol. The van der Waals surface area contributed by atoms with E-state index in [0.29, 0.717) is 0 Å². The van der Waals surface area contributed by atoms with Crippen LogP contribution in [0.4, 0.5) is 0 Å². The Hall–Kier alpha value is -1.06. The lowest BCUT2D eigenvalue weighted by Gasteiger charge is -2.23. The molecule has 0 amide bonds. The fourth-order valence-corrected chi connectivity index (χ4v) is 1.74. The highest BCUT2D eigenvalue weighted by atomic mass is 16.5. The molecule has 0 radical (unpaired) electrons. The molecule has 2 rings (SSSR count). The van der Waals surface area contributed by atoms with E-state index >= 15 is 0 Å². The molecule has 0 unspecified atom stereocenters. The predicted octanol–water partition coefficient (Wildman–Crippen LogP) is -0.0195. The number of para-hydroxylation sites is 1. The summed E-state index contributed by atoms with van der Waals surface area (Å²) in [5.74, 6) is 0.963. The first-order valence-corrected chi connectivity index (χ1v) is 5.54. The highest BCUT2D eigenvalue weighted by Crippen LogP contribution is 2.06. The van der Waals surface area contributed by atoms with Crippen LogP contribution in [-0.2, 0) is 4.74 Å². The average molecular weight is 208 g/mol. The van der Waals surface area contributed by atoms with Crippen molar-refractivity contribution in [1.82, 2.24) is 0 Å². The third-order valence-electron chi connectivity index (χ3n) is 2.67. The summed E-state index contributed by atoms with van der Waals surface area (Å²) in [5.41, 5.74) is 0. The monoisotopic (exact) mass is 208 g/mol. The van der Waals surface area contributed by atoms with E-state index in [1.807, 2.05) is 30.3 Å². The van der Waals surface area contributed by atoms with E-state index in [9.17, 15) is 0 Å². The maximum Gasteiger partial charge on any atom is 0.137 e. The van der Waals surface area contributed by atoms with Gasteiger partial charge in [0.1, 0.15) is 32.0 Å². The maximum absolute atomic E-state index is 5.65. The topological polar surface area (TPSA) is 22.9 Å². The zero-order chi connectivity index (χ0) is 10.3. The van der Waals surface area contributed by atoms with Crippen molar-refractivity contribution in [1.29, 1.82) is 0 Å². The number of quaternary nitrogens is 1. The Morgan fingerprint density at radius 1 is 1.13 bits per heavy atom. The molecule has 1 fully saturated rings.